The molecule has 1 heterocycles. The van der Waals surface area contributed by atoms with Crippen molar-refractivity contribution in [1.82, 2.24) is 19.8 Å². The molecule has 10 heteroatoms. The van der Waals surface area contributed by atoms with E-state index in [0.29, 0.717) is 35.8 Å². The number of ether oxygens (including phenoxy) is 2. The van der Waals surface area contributed by atoms with E-state index in [0.717, 1.165) is 23.7 Å². The molecule has 1 aromatic heterocycles. The number of methoxy groups -OCH3 is 1. The quantitative estimate of drug-likeness (QED) is 0.315. The van der Waals surface area contributed by atoms with Crippen LogP contribution in [0.5, 0.6) is 11.5 Å². The summed E-state index contributed by atoms with van der Waals surface area (Å²) in [5.74, 6) is 8.83. The summed E-state index contributed by atoms with van der Waals surface area (Å²) in [7, 11) is 1.64. The van der Waals surface area contributed by atoms with Crippen molar-refractivity contribution < 1.29 is 14.3 Å². The normalized spacial score (nSPS) is 10.7. The second-order valence-corrected chi connectivity index (χ2v) is 7.72. The molecule has 0 spiro atoms. The number of nitrogens with zero attached hydrogens (tertiary/aromatic N) is 4. The predicted molar refractivity (Wildman–Crippen MR) is 113 cm³/mol. The van der Waals surface area contributed by atoms with Gasteiger partial charge in [0.05, 0.1) is 19.5 Å². The van der Waals surface area contributed by atoms with E-state index in [1.54, 1.807) is 12.0 Å². The number of benzene rings is 1. The van der Waals surface area contributed by atoms with Crippen molar-refractivity contribution in [3.05, 3.63) is 24.3 Å². The molecule has 0 aliphatic carbocycles. The Hall–Kier alpha value is -2.07. The van der Waals surface area contributed by atoms with E-state index in [-0.39, 0.29) is 5.91 Å². The fourth-order valence-corrected chi connectivity index (χ4v) is 3.92. The Balaban J connectivity index is 1.71. The highest BCUT2D eigenvalue weighted by Crippen LogP contribution is 2.22. The molecule has 2 N–H and O–H groups in total. The first-order valence-corrected chi connectivity index (χ1v) is 11.1. The number of hydrogen-bond acceptors (Lipinski definition) is 8. The lowest BCUT2D eigenvalue weighted by Gasteiger charge is -2.17. The number of carbonyl (C=O) groups is 1. The molecular formula is C18H27N5O3S2. The Morgan fingerprint density at radius 2 is 1.71 bits per heavy atom. The molecule has 2 rings (SSSR count). The monoisotopic (exact) mass is 425 g/mol. The summed E-state index contributed by atoms with van der Waals surface area (Å²) >= 11 is 2.82. The second kappa shape index (κ2) is 11.7. The van der Waals surface area contributed by atoms with Crippen LogP contribution in [0.3, 0.4) is 0 Å². The summed E-state index contributed by atoms with van der Waals surface area (Å²) in [6.45, 7) is 5.92. The van der Waals surface area contributed by atoms with E-state index in [4.69, 9.17) is 15.3 Å². The van der Waals surface area contributed by atoms with Gasteiger partial charge < -0.3 is 20.2 Å². The highest BCUT2D eigenvalue weighted by molar-refractivity contribution is 8.00. The zero-order valence-corrected chi connectivity index (χ0v) is 18.1. The number of hydrogen-bond donors (Lipinski definition) is 1. The summed E-state index contributed by atoms with van der Waals surface area (Å²) in [5, 5.41) is 9.35. The third-order valence-corrected chi connectivity index (χ3v) is 5.88. The first-order chi connectivity index (χ1) is 13.6. The first kappa shape index (κ1) is 22.2. The highest BCUT2D eigenvalue weighted by Gasteiger charge is 2.15. The Bertz CT molecular complexity index is 735. The van der Waals surface area contributed by atoms with Crippen molar-refractivity contribution in [3.63, 3.8) is 0 Å². The van der Waals surface area contributed by atoms with Gasteiger partial charge >= 0.3 is 0 Å². The minimum atomic E-state index is 0.0721. The summed E-state index contributed by atoms with van der Waals surface area (Å²) in [4.78, 5) is 13.9. The number of amides is 1. The molecule has 0 unspecified atom stereocenters. The zero-order valence-electron chi connectivity index (χ0n) is 16.5. The molecule has 0 fully saturated rings. The van der Waals surface area contributed by atoms with Crippen LogP contribution in [0, 0.1) is 0 Å². The van der Waals surface area contributed by atoms with Crippen LogP contribution in [0.15, 0.2) is 34.6 Å². The fourth-order valence-electron chi connectivity index (χ4n) is 2.34. The molecule has 2 aromatic rings. The molecule has 1 aromatic carbocycles. The van der Waals surface area contributed by atoms with E-state index in [1.165, 1.54) is 28.2 Å². The van der Waals surface area contributed by atoms with Crippen molar-refractivity contribution in [2.45, 2.75) is 30.6 Å². The molecule has 0 bridgehead atoms. The first-order valence-electron chi connectivity index (χ1n) is 9.09. The molecule has 0 atom stereocenters. The van der Waals surface area contributed by atoms with Gasteiger partial charge in [0, 0.05) is 18.8 Å². The Kier molecular flexibility index (Phi) is 9.29. The molecule has 0 aliphatic rings. The molecule has 0 aliphatic heterocycles. The highest BCUT2D eigenvalue weighted by atomic mass is 32.2. The second-order valence-electron chi connectivity index (χ2n) is 5.72. The number of nitrogens with two attached hydrogens (primary N) is 1. The summed E-state index contributed by atoms with van der Waals surface area (Å²) in [5.41, 5.74) is 0. The maximum atomic E-state index is 12.1. The van der Waals surface area contributed by atoms with Crippen LogP contribution >= 0.6 is 23.5 Å². The van der Waals surface area contributed by atoms with Gasteiger partial charge in [-0.2, -0.15) is 0 Å². The van der Waals surface area contributed by atoms with Gasteiger partial charge in [0.2, 0.25) is 16.2 Å². The number of aromatic nitrogens is 3. The molecule has 8 nitrogen and oxygen atoms in total. The van der Waals surface area contributed by atoms with Crippen LogP contribution in [0.1, 0.15) is 20.3 Å². The van der Waals surface area contributed by atoms with E-state index in [1.807, 2.05) is 38.1 Å². The average molecular weight is 426 g/mol. The van der Waals surface area contributed by atoms with E-state index in [2.05, 4.69) is 10.2 Å². The lowest BCUT2D eigenvalue weighted by atomic mass is 10.3. The standard InChI is InChI=1S/C18H27N5O3S2/c1-4-22(5-2)16(24)13-28-18-21-20-17(23(18)19)27-12-6-11-26-15-9-7-14(25-3)8-10-15/h7-10H,4-6,11-13,19H2,1-3H3. The molecule has 0 saturated carbocycles. The van der Waals surface area contributed by atoms with Gasteiger partial charge in [0.15, 0.2) is 0 Å². The lowest BCUT2D eigenvalue weighted by molar-refractivity contribution is -0.127. The Morgan fingerprint density at radius 1 is 1.11 bits per heavy atom. The van der Waals surface area contributed by atoms with E-state index >= 15 is 0 Å². The summed E-state index contributed by atoms with van der Waals surface area (Å²) < 4.78 is 12.3. The van der Waals surface area contributed by atoms with E-state index < -0.39 is 0 Å². The third kappa shape index (κ3) is 6.52. The zero-order chi connectivity index (χ0) is 20.4. The minimum Gasteiger partial charge on any atom is -0.497 e. The number of nitrogen functional groups attached to an aromatic ring is 1. The third-order valence-electron chi connectivity index (χ3n) is 3.92. The average Bonchev–Trinajstić information content (AvgIpc) is 3.07. The predicted octanol–water partition coefficient (Wildman–Crippen LogP) is 2.52. The number of rotatable bonds is 12. The molecule has 1 amide bonds. The van der Waals surface area contributed by atoms with Crippen LogP contribution in [0.4, 0.5) is 0 Å². The van der Waals surface area contributed by atoms with Crippen molar-refractivity contribution in [2.24, 2.45) is 0 Å². The van der Waals surface area contributed by atoms with Gasteiger partial charge in [-0.05, 0) is 44.5 Å². The van der Waals surface area contributed by atoms with Crippen molar-refractivity contribution >= 4 is 29.4 Å². The number of carbonyl (C=O) groups excluding carboxylic acids is 1. The van der Waals surface area contributed by atoms with E-state index in [9.17, 15) is 4.79 Å². The maximum absolute atomic E-state index is 12.1. The lowest BCUT2D eigenvalue weighted by Crippen LogP contribution is -2.32. The summed E-state index contributed by atoms with van der Waals surface area (Å²) in [6, 6.07) is 7.49. The van der Waals surface area contributed by atoms with Crippen LogP contribution in [0.25, 0.3) is 0 Å². The van der Waals surface area contributed by atoms with Crippen molar-refractivity contribution in [2.75, 3.05) is 44.2 Å². The summed E-state index contributed by atoms with van der Waals surface area (Å²) in [6.07, 6.45) is 0.840. The van der Waals surface area contributed by atoms with Gasteiger partial charge in [-0.3, -0.25) is 4.79 Å². The fraction of sp³-hybridized carbons (Fsp3) is 0.500. The van der Waals surface area contributed by atoms with Crippen molar-refractivity contribution in [3.8, 4) is 11.5 Å². The van der Waals surface area contributed by atoms with Crippen LogP contribution in [-0.2, 0) is 4.79 Å². The van der Waals surface area contributed by atoms with Crippen LogP contribution in [-0.4, -0.2) is 64.0 Å². The Labute approximate surface area is 174 Å². The minimum absolute atomic E-state index is 0.0721. The smallest absolute Gasteiger partial charge is 0.233 e. The topological polar surface area (TPSA) is 95.5 Å². The molecule has 0 radical (unpaired) electrons. The largest absolute Gasteiger partial charge is 0.497 e. The van der Waals surface area contributed by atoms with Gasteiger partial charge in [-0.25, -0.2) is 4.68 Å². The molecule has 0 saturated heterocycles. The van der Waals surface area contributed by atoms with Crippen LogP contribution < -0.4 is 15.3 Å². The molecule has 28 heavy (non-hydrogen) atoms. The van der Waals surface area contributed by atoms with Crippen LogP contribution in [0.2, 0.25) is 0 Å². The van der Waals surface area contributed by atoms with Gasteiger partial charge in [0.1, 0.15) is 11.5 Å². The molecule has 154 valence electrons. The molecular weight excluding hydrogens is 398 g/mol. The maximum Gasteiger partial charge on any atom is 0.233 e. The SMILES string of the molecule is CCN(CC)C(=O)CSc1nnc(SCCCOc2ccc(OC)cc2)n1N. The van der Waals surface area contributed by atoms with Gasteiger partial charge in [0.25, 0.3) is 0 Å². The van der Waals surface area contributed by atoms with Crippen molar-refractivity contribution in [1.29, 1.82) is 0 Å². The van der Waals surface area contributed by atoms with Gasteiger partial charge in [-0.15, -0.1) is 10.2 Å². The van der Waals surface area contributed by atoms with Gasteiger partial charge in [-0.1, -0.05) is 23.5 Å². The number of thioether (sulfide) groups is 2. The Morgan fingerprint density at radius 3 is 2.32 bits per heavy atom.